The Morgan fingerprint density at radius 3 is 2.79 bits per heavy atom. The van der Waals surface area contributed by atoms with Gasteiger partial charge in [0, 0.05) is 12.7 Å². The van der Waals surface area contributed by atoms with E-state index in [-0.39, 0.29) is 12.1 Å². The molecular weight excluding hydrogens is 242 g/mol. The van der Waals surface area contributed by atoms with Gasteiger partial charge in [-0.15, -0.1) is 0 Å². The molecule has 5 nitrogen and oxygen atoms in total. The van der Waals surface area contributed by atoms with Crippen LogP contribution in [0.1, 0.15) is 33.4 Å². The van der Waals surface area contributed by atoms with Crippen molar-refractivity contribution >= 4 is 6.09 Å². The Hall–Kier alpha value is -1.52. The van der Waals surface area contributed by atoms with Gasteiger partial charge in [0.1, 0.15) is 6.61 Å². The summed E-state index contributed by atoms with van der Waals surface area (Å²) in [5.74, 6) is 0.951. The van der Waals surface area contributed by atoms with Gasteiger partial charge in [-0.25, -0.2) is 9.78 Å². The number of rotatable bonds is 5. The largest absolute Gasteiger partial charge is 0.447 e. The molecule has 0 aliphatic carbocycles. The Morgan fingerprint density at radius 1 is 1.42 bits per heavy atom. The molecule has 2 heterocycles. The predicted molar refractivity (Wildman–Crippen MR) is 72.6 cm³/mol. The summed E-state index contributed by atoms with van der Waals surface area (Å²) in [6, 6.07) is 0.162. The maximum Gasteiger partial charge on any atom is 0.410 e. The maximum absolute atomic E-state index is 11.8. The minimum Gasteiger partial charge on any atom is -0.447 e. The number of carbonyl (C=O) groups is 1. The van der Waals surface area contributed by atoms with Crippen molar-refractivity contribution in [2.24, 2.45) is 11.8 Å². The van der Waals surface area contributed by atoms with Crippen molar-refractivity contribution < 1.29 is 9.53 Å². The second-order valence-corrected chi connectivity index (χ2v) is 5.95. The highest BCUT2D eigenvalue weighted by atomic mass is 16.6. The average Bonchev–Trinajstić information content (AvgIpc) is 2.88. The van der Waals surface area contributed by atoms with E-state index in [0.29, 0.717) is 25.0 Å². The first-order valence-electron chi connectivity index (χ1n) is 6.91. The first-order chi connectivity index (χ1) is 8.99. The SMILES string of the molecule is CC(C)Cn1cncc1CN1C(=O)OC[C@@H]1C(C)C. The fraction of sp³-hybridized carbons (Fsp3) is 0.714. The molecular formula is C14H23N3O2. The topological polar surface area (TPSA) is 47.4 Å². The molecule has 1 aliphatic rings. The van der Waals surface area contributed by atoms with Gasteiger partial charge in [-0.05, 0) is 11.8 Å². The molecule has 2 rings (SSSR count). The highest BCUT2D eigenvalue weighted by Gasteiger charge is 2.35. The number of nitrogens with zero attached hydrogens (tertiary/aromatic N) is 3. The number of ether oxygens (including phenoxy) is 1. The van der Waals surface area contributed by atoms with E-state index in [0.717, 1.165) is 12.2 Å². The van der Waals surface area contributed by atoms with Gasteiger partial charge < -0.3 is 9.30 Å². The lowest BCUT2D eigenvalue weighted by atomic mass is 10.0. The summed E-state index contributed by atoms with van der Waals surface area (Å²) in [5, 5.41) is 0. The molecule has 0 aromatic carbocycles. The summed E-state index contributed by atoms with van der Waals surface area (Å²) in [6.45, 7) is 10.6. The van der Waals surface area contributed by atoms with Crippen LogP contribution in [0.25, 0.3) is 0 Å². The smallest absolute Gasteiger partial charge is 0.410 e. The lowest BCUT2D eigenvalue weighted by molar-refractivity contribution is 0.154. The Kier molecular flexibility index (Phi) is 4.12. The molecule has 0 unspecified atom stereocenters. The van der Waals surface area contributed by atoms with Crippen molar-refractivity contribution in [1.82, 2.24) is 14.5 Å². The number of hydrogen-bond donors (Lipinski definition) is 0. The van der Waals surface area contributed by atoms with Crippen LogP contribution in [-0.2, 0) is 17.8 Å². The molecule has 106 valence electrons. The molecule has 0 spiro atoms. The quantitative estimate of drug-likeness (QED) is 0.822. The van der Waals surface area contributed by atoms with Crippen molar-refractivity contribution in [2.45, 2.75) is 46.8 Å². The number of aromatic nitrogens is 2. The third-order valence-corrected chi connectivity index (χ3v) is 3.47. The molecule has 19 heavy (non-hydrogen) atoms. The standard InChI is InChI=1S/C14H23N3O2/c1-10(2)6-16-9-15-5-12(16)7-17-13(11(3)4)8-19-14(17)18/h5,9-11,13H,6-8H2,1-4H3/t13-/m1/s1. The minimum atomic E-state index is -0.212. The minimum absolute atomic E-state index is 0.162. The third-order valence-electron chi connectivity index (χ3n) is 3.47. The van der Waals surface area contributed by atoms with Crippen LogP contribution in [0.3, 0.4) is 0 Å². The molecule has 1 aliphatic heterocycles. The number of carbonyl (C=O) groups excluding carboxylic acids is 1. The molecule has 0 bridgehead atoms. The van der Waals surface area contributed by atoms with Gasteiger partial charge in [0.2, 0.25) is 0 Å². The van der Waals surface area contributed by atoms with Crippen LogP contribution in [0, 0.1) is 11.8 Å². The molecule has 1 fully saturated rings. The van der Waals surface area contributed by atoms with Crippen molar-refractivity contribution in [3.05, 3.63) is 18.2 Å². The van der Waals surface area contributed by atoms with E-state index in [1.165, 1.54) is 0 Å². The van der Waals surface area contributed by atoms with E-state index in [1.807, 2.05) is 17.4 Å². The van der Waals surface area contributed by atoms with E-state index in [9.17, 15) is 4.79 Å². The van der Waals surface area contributed by atoms with Gasteiger partial charge in [-0.1, -0.05) is 27.7 Å². The number of imidazole rings is 1. The second kappa shape index (κ2) is 5.63. The van der Waals surface area contributed by atoms with Gasteiger partial charge in [-0.2, -0.15) is 0 Å². The Morgan fingerprint density at radius 2 is 2.16 bits per heavy atom. The summed E-state index contributed by atoms with van der Waals surface area (Å²) in [4.78, 5) is 17.8. The lowest BCUT2D eigenvalue weighted by Gasteiger charge is -2.24. The van der Waals surface area contributed by atoms with Crippen LogP contribution in [0.15, 0.2) is 12.5 Å². The number of hydrogen-bond acceptors (Lipinski definition) is 3. The van der Waals surface area contributed by atoms with Crippen molar-refractivity contribution in [3.63, 3.8) is 0 Å². The molecule has 1 amide bonds. The van der Waals surface area contributed by atoms with Crippen LogP contribution in [-0.4, -0.2) is 33.2 Å². The molecule has 1 atom stereocenters. The van der Waals surface area contributed by atoms with Gasteiger partial charge >= 0.3 is 6.09 Å². The van der Waals surface area contributed by atoms with E-state index >= 15 is 0 Å². The molecule has 1 saturated heterocycles. The highest BCUT2D eigenvalue weighted by Crippen LogP contribution is 2.22. The fourth-order valence-electron chi connectivity index (χ4n) is 2.41. The van der Waals surface area contributed by atoms with Crippen LogP contribution in [0.5, 0.6) is 0 Å². The van der Waals surface area contributed by atoms with Gasteiger partial charge in [0.05, 0.1) is 24.6 Å². The van der Waals surface area contributed by atoms with Crippen molar-refractivity contribution in [1.29, 1.82) is 0 Å². The van der Waals surface area contributed by atoms with E-state index in [2.05, 4.69) is 37.2 Å². The molecule has 0 N–H and O–H groups in total. The normalized spacial score (nSPS) is 19.6. The molecule has 0 saturated carbocycles. The zero-order valence-corrected chi connectivity index (χ0v) is 12.2. The van der Waals surface area contributed by atoms with Crippen molar-refractivity contribution in [3.8, 4) is 0 Å². The average molecular weight is 265 g/mol. The zero-order chi connectivity index (χ0) is 14.0. The second-order valence-electron chi connectivity index (χ2n) is 5.95. The Bertz CT molecular complexity index is 440. The molecule has 0 radical (unpaired) electrons. The Balaban J connectivity index is 2.11. The summed E-state index contributed by atoms with van der Waals surface area (Å²) < 4.78 is 7.29. The van der Waals surface area contributed by atoms with E-state index in [4.69, 9.17) is 4.74 Å². The summed E-state index contributed by atoms with van der Waals surface area (Å²) in [7, 11) is 0. The molecule has 1 aromatic rings. The van der Waals surface area contributed by atoms with Crippen LogP contribution < -0.4 is 0 Å². The van der Waals surface area contributed by atoms with Crippen molar-refractivity contribution in [2.75, 3.05) is 6.61 Å². The third kappa shape index (κ3) is 3.08. The maximum atomic E-state index is 11.8. The monoisotopic (exact) mass is 265 g/mol. The summed E-state index contributed by atoms with van der Waals surface area (Å²) >= 11 is 0. The first kappa shape index (κ1) is 13.9. The van der Waals surface area contributed by atoms with Crippen LogP contribution in [0.4, 0.5) is 4.79 Å². The Labute approximate surface area is 114 Å². The van der Waals surface area contributed by atoms with Gasteiger partial charge in [0.25, 0.3) is 0 Å². The first-order valence-corrected chi connectivity index (χ1v) is 6.91. The molecule has 1 aromatic heterocycles. The predicted octanol–water partition coefficient (Wildman–Crippen LogP) is 2.52. The highest BCUT2D eigenvalue weighted by molar-refractivity contribution is 5.70. The number of amides is 1. The number of cyclic esters (lactones) is 1. The zero-order valence-electron chi connectivity index (χ0n) is 12.2. The van der Waals surface area contributed by atoms with E-state index < -0.39 is 0 Å². The molecule has 5 heteroatoms. The van der Waals surface area contributed by atoms with Gasteiger partial charge in [0.15, 0.2) is 0 Å². The summed E-state index contributed by atoms with van der Waals surface area (Å²) in [6.07, 6.45) is 3.46. The summed E-state index contributed by atoms with van der Waals surface area (Å²) in [5.41, 5.74) is 1.07. The fourth-order valence-corrected chi connectivity index (χ4v) is 2.41. The van der Waals surface area contributed by atoms with Crippen LogP contribution in [0.2, 0.25) is 0 Å². The lowest BCUT2D eigenvalue weighted by Crippen LogP contribution is -2.37. The van der Waals surface area contributed by atoms with Gasteiger partial charge in [-0.3, -0.25) is 4.90 Å². The van der Waals surface area contributed by atoms with E-state index in [1.54, 1.807) is 0 Å². The van der Waals surface area contributed by atoms with Crippen LogP contribution >= 0.6 is 0 Å².